The Morgan fingerprint density at radius 2 is 1.75 bits per heavy atom. The number of rotatable bonds is 6. The standard InChI is InChI=1S/C11H14N2O3/c12-10(14)7-13-6-9-3-1-8(2-4-9)5-11(15)16/h1-4,13H,5-7H2,(H2,12,14)(H,15,16). The molecule has 0 atom stereocenters. The summed E-state index contributed by atoms with van der Waals surface area (Å²) in [7, 11) is 0. The van der Waals surface area contributed by atoms with Gasteiger partial charge in [-0.25, -0.2) is 0 Å². The van der Waals surface area contributed by atoms with Gasteiger partial charge in [0.1, 0.15) is 0 Å². The van der Waals surface area contributed by atoms with E-state index in [0.717, 1.165) is 11.1 Å². The van der Waals surface area contributed by atoms with Gasteiger partial charge in [-0.3, -0.25) is 9.59 Å². The second kappa shape index (κ2) is 5.87. The summed E-state index contributed by atoms with van der Waals surface area (Å²) in [5.41, 5.74) is 6.71. The minimum atomic E-state index is -0.848. The Labute approximate surface area is 93.3 Å². The van der Waals surface area contributed by atoms with Crippen molar-refractivity contribution in [1.82, 2.24) is 5.32 Å². The molecule has 0 radical (unpaired) electrons. The fraction of sp³-hybridized carbons (Fsp3) is 0.273. The van der Waals surface area contributed by atoms with E-state index in [1.807, 2.05) is 12.1 Å². The number of carboxylic acids is 1. The van der Waals surface area contributed by atoms with Gasteiger partial charge in [0.15, 0.2) is 0 Å². The third-order valence-electron chi connectivity index (χ3n) is 2.01. The molecule has 4 N–H and O–H groups in total. The summed E-state index contributed by atoms with van der Waals surface area (Å²) < 4.78 is 0. The molecule has 0 saturated heterocycles. The van der Waals surface area contributed by atoms with Crippen LogP contribution in [0.2, 0.25) is 0 Å². The second-order valence-corrected chi connectivity index (χ2v) is 3.46. The first-order chi connectivity index (χ1) is 7.58. The Morgan fingerprint density at radius 3 is 2.25 bits per heavy atom. The summed E-state index contributed by atoms with van der Waals surface area (Å²) >= 11 is 0. The van der Waals surface area contributed by atoms with Crippen molar-refractivity contribution in [3.63, 3.8) is 0 Å². The normalized spacial score (nSPS) is 10.0. The number of amides is 1. The van der Waals surface area contributed by atoms with Gasteiger partial charge in [0.05, 0.1) is 13.0 Å². The Bertz CT molecular complexity index is 373. The van der Waals surface area contributed by atoms with Crippen LogP contribution in [0.5, 0.6) is 0 Å². The number of benzene rings is 1. The van der Waals surface area contributed by atoms with Gasteiger partial charge in [-0.05, 0) is 11.1 Å². The van der Waals surface area contributed by atoms with Crippen LogP contribution in [0.4, 0.5) is 0 Å². The van der Waals surface area contributed by atoms with Crippen molar-refractivity contribution in [2.24, 2.45) is 5.73 Å². The van der Waals surface area contributed by atoms with E-state index in [1.165, 1.54) is 0 Å². The summed E-state index contributed by atoms with van der Waals surface area (Å²) in [5, 5.41) is 11.4. The van der Waals surface area contributed by atoms with Crippen LogP contribution in [0.25, 0.3) is 0 Å². The van der Waals surface area contributed by atoms with Crippen molar-refractivity contribution in [3.8, 4) is 0 Å². The van der Waals surface area contributed by atoms with Gasteiger partial charge in [0.2, 0.25) is 5.91 Å². The predicted octanol–water partition coefficient (Wildman–Crippen LogP) is -0.111. The third-order valence-corrected chi connectivity index (χ3v) is 2.01. The van der Waals surface area contributed by atoms with E-state index in [4.69, 9.17) is 10.8 Å². The van der Waals surface area contributed by atoms with Crippen molar-refractivity contribution in [2.75, 3.05) is 6.54 Å². The number of aliphatic carboxylic acids is 1. The molecule has 0 heterocycles. The lowest BCUT2D eigenvalue weighted by molar-refractivity contribution is -0.136. The number of carbonyl (C=O) groups excluding carboxylic acids is 1. The molecule has 0 saturated carbocycles. The highest BCUT2D eigenvalue weighted by Gasteiger charge is 2.00. The number of nitrogens with two attached hydrogens (primary N) is 1. The Hall–Kier alpha value is -1.88. The quantitative estimate of drug-likeness (QED) is 0.626. The Morgan fingerprint density at radius 1 is 1.19 bits per heavy atom. The molecular formula is C11H14N2O3. The van der Waals surface area contributed by atoms with Gasteiger partial charge < -0.3 is 16.2 Å². The highest BCUT2D eigenvalue weighted by atomic mass is 16.4. The molecule has 1 amide bonds. The first-order valence-electron chi connectivity index (χ1n) is 4.86. The highest BCUT2D eigenvalue weighted by molar-refractivity contribution is 5.75. The molecule has 86 valence electrons. The number of hydrogen-bond donors (Lipinski definition) is 3. The monoisotopic (exact) mass is 222 g/mol. The first-order valence-corrected chi connectivity index (χ1v) is 4.86. The lowest BCUT2D eigenvalue weighted by Crippen LogP contribution is -2.28. The zero-order valence-electron chi connectivity index (χ0n) is 8.77. The van der Waals surface area contributed by atoms with E-state index in [0.29, 0.717) is 6.54 Å². The van der Waals surface area contributed by atoms with E-state index in [9.17, 15) is 9.59 Å². The zero-order chi connectivity index (χ0) is 12.0. The van der Waals surface area contributed by atoms with Crippen LogP contribution in [0, 0.1) is 0 Å². The molecule has 0 aliphatic carbocycles. The minimum absolute atomic E-state index is 0.0228. The van der Waals surface area contributed by atoms with Gasteiger partial charge >= 0.3 is 5.97 Å². The number of nitrogens with one attached hydrogen (secondary N) is 1. The Kier molecular flexibility index (Phi) is 4.47. The third kappa shape index (κ3) is 4.56. The van der Waals surface area contributed by atoms with Crippen molar-refractivity contribution >= 4 is 11.9 Å². The molecule has 16 heavy (non-hydrogen) atoms. The van der Waals surface area contributed by atoms with Crippen molar-refractivity contribution < 1.29 is 14.7 Å². The van der Waals surface area contributed by atoms with Crippen molar-refractivity contribution in [1.29, 1.82) is 0 Å². The summed E-state index contributed by atoms with van der Waals surface area (Å²) in [5.74, 6) is -1.25. The lowest BCUT2D eigenvalue weighted by atomic mass is 10.1. The largest absolute Gasteiger partial charge is 0.481 e. The molecule has 0 aliphatic rings. The summed E-state index contributed by atoms with van der Waals surface area (Å²) in [6.45, 7) is 0.674. The topological polar surface area (TPSA) is 92.4 Å². The molecule has 0 fully saturated rings. The molecule has 0 spiro atoms. The molecule has 1 aromatic rings. The van der Waals surface area contributed by atoms with Crippen molar-refractivity contribution in [2.45, 2.75) is 13.0 Å². The van der Waals surface area contributed by atoms with Crippen LogP contribution in [0.3, 0.4) is 0 Å². The molecule has 5 heteroatoms. The van der Waals surface area contributed by atoms with Crippen molar-refractivity contribution in [3.05, 3.63) is 35.4 Å². The van der Waals surface area contributed by atoms with E-state index in [-0.39, 0.29) is 13.0 Å². The number of carbonyl (C=O) groups is 2. The molecule has 0 aliphatic heterocycles. The maximum absolute atomic E-state index is 10.5. The van der Waals surface area contributed by atoms with Crippen LogP contribution in [0.15, 0.2) is 24.3 Å². The van der Waals surface area contributed by atoms with Gasteiger partial charge in [0, 0.05) is 6.54 Å². The van der Waals surface area contributed by atoms with E-state index >= 15 is 0 Å². The van der Waals surface area contributed by atoms with Gasteiger partial charge in [0.25, 0.3) is 0 Å². The molecule has 0 bridgehead atoms. The number of carboxylic acid groups (broad SMARTS) is 1. The minimum Gasteiger partial charge on any atom is -0.481 e. The fourth-order valence-corrected chi connectivity index (χ4v) is 1.28. The summed E-state index contributed by atoms with van der Waals surface area (Å²) in [6.07, 6.45) is 0.0228. The molecule has 1 aromatic carbocycles. The average molecular weight is 222 g/mol. The maximum Gasteiger partial charge on any atom is 0.307 e. The van der Waals surface area contributed by atoms with Crippen LogP contribution >= 0.6 is 0 Å². The molecular weight excluding hydrogens is 208 g/mol. The molecule has 1 rings (SSSR count). The van der Waals surface area contributed by atoms with Crippen LogP contribution in [-0.2, 0) is 22.6 Å². The maximum atomic E-state index is 10.5. The van der Waals surface area contributed by atoms with Gasteiger partial charge in [-0.2, -0.15) is 0 Å². The van der Waals surface area contributed by atoms with Crippen LogP contribution < -0.4 is 11.1 Å². The number of hydrogen-bond acceptors (Lipinski definition) is 3. The highest BCUT2D eigenvalue weighted by Crippen LogP contribution is 2.04. The SMILES string of the molecule is NC(=O)CNCc1ccc(CC(=O)O)cc1. The second-order valence-electron chi connectivity index (χ2n) is 3.46. The fourth-order valence-electron chi connectivity index (χ4n) is 1.28. The predicted molar refractivity (Wildman–Crippen MR) is 58.7 cm³/mol. The smallest absolute Gasteiger partial charge is 0.307 e. The molecule has 5 nitrogen and oxygen atoms in total. The average Bonchev–Trinajstić information content (AvgIpc) is 2.19. The number of primary amides is 1. The molecule has 0 unspecified atom stereocenters. The van der Waals surface area contributed by atoms with E-state index < -0.39 is 11.9 Å². The van der Waals surface area contributed by atoms with E-state index in [2.05, 4.69) is 5.32 Å². The van der Waals surface area contributed by atoms with Crippen LogP contribution in [0.1, 0.15) is 11.1 Å². The lowest BCUT2D eigenvalue weighted by Gasteiger charge is -2.03. The van der Waals surface area contributed by atoms with Crippen LogP contribution in [-0.4, -0.2) is 23.5 Å². The Balaban J connectivity index is 2.45. The summed E-state index contributed by atoms with van der Waals surface area (Å²) in [4.78, 5) is 20.9. The zero-order valence-corrected chi connectivity index (χ0v) is 8.77. The van der Waals surface area contributed by atoms with Gasteiger partial charge in [-0.1, -0.05) is 24.3 Å². The molecule has 0 aromatic heterocycles. The summed E-state index contributed by atoms with van der Waals surface area (Å²) in [6, 6.07) is 7.17. The van der Waals surface area contributed by atoms with Gasteiger partial charge in [-0.15, -0.1) is 0 Å². The first kappa shape index (κ1) is 12.2. The van der Waals surface area contributed by atoms with E-state index in [1.54, 1.807) is 12.1 Å².